The van der Waals surface area contributed by atoms with Gasteiger partial charge in [0, 0.05) is 38.3 Å². The lowest BCUT2D eigenvalue weighted by Crippen LogP contribution is -2.57. The van der Waals surface area contributed by atoms with Crippen LogP contribution in [0.1, 0.15) is 23.4 Å². The second-order valence-corrected chi connectivity index (χ2v) is 7.51. The average molecular weight is 458 g/mol. The molecule has 0 spiro atoms. The molecule has 0 bridgehead atoms. The van der Waals surface area contributed by atoms with Gasteiger partial charge in [-0.3, -0.25) is 4.79 Å². The number of hydrogen-bond acceptors (Lipinski definition) is 8. The minimum absolute atomic E-state index is 0.0603. The molecule has 1 fully saturated rings. The van der Waals surface area contributed by atoms with E-state index in [4.69, 9.17) is 4.74 Å². The van der Waals surface area contributed by atoms with E-state index in [2.05, 4.69) is 31.1 Å². The standard InChI is InChI=1S/C21H24F2N8O2/c1-13-17(31(29-26-13)15-5-3-14(4-6-15)20(22)23)12-33-19-8-7-18(27-28-19)30-10-9-25-16(11-30)21(32)24-2/h3-8,16,20,25H,9-12H2,1-2H3,(H,24,32). The quantitative estimate of drug-likeness (QED) is 0.547. The zero-order valence-corrected chi connectivity index (χ0v) is 18.2. The first-order chi connectivity index (χ1) is 16.0. The summed E-state index contributed by atoms with van der Waals surface area (Å²) in [5.74, 6) is 0.897. The van der Waals surface area contributed by atoms with Gasteiger partial charge in [-0.1, -0.05) is 17.3 Å². The minimum atomic E-state index is -2.53. The van der Waals surface area contributed by atoms with Crippen LogP contribution < -0.4 is 20.3 Å². The van der Waals surface area contributed by atoms with Crippen molar-refractivity contribution in [3.63, 3.8) is 0 Å². The summed E-state index contributed by atoms with van der Waals surface area (Å²) in [5.41, 5.74) is 1.86. The fourth-order valence-corrected chi connectivity index (χ4v) is 3.52. The van der Waals surface area contributed by atoms with Crippen LogP contribution in [0.15, 0.2) is 36.4 Å². The van der Waals surface area contributed by atoms with Crippen LogP contribution in [0.4, 0.5) is 14.6 Å². The topological polar surface area (TPSA) is 110 Å². The first-order valence-corrected chi connectivity index (χ1v) is 10.4. The number of carbonyl (C=O) groups is 1. The highest BCUT2D eigenvalue weighted by atomic mass is 19.3. The molecule has 2 N–H and O–H groups in total. The molecule has 1 unspecified atom stereocenters. The molecule has 1 saturated heterocycles. The van der Waals surface area contributed by atoms with E-state index in [1.165, 1.54) is 12.1 Å². The van der Waals surface area contributed by atoms with Crippen molar-refractivity contribution < 1.29 is 18.3 Å². The van der Waals surface area contributed by atoms with Gasteiger partial charge < -0.3 is 20.3 Å². The summed E-state index contributed by atoms with van der Waals surface area (Å²) in [7, 11) is 1.61. The second-order valence-electron chi connectivity index (χ2n) is 7.51. The highest BCUT2D eigenvalue weighted by Gasteiger charge is 2.25. The van der Waals surface area contributed by atoms with Crippen LogP contribution in [0.5, 0.6) is 5.88 Å². The Hall–Kier alpha value is -3.67. The van der Waals surface area contributed by atoms with E-state index in [1.54, 1.807) is 42.9 Å². The molecule has 0 radical (unpaired) electrons. The van der Waals surface area contributed by atoms with Crippen LogP contribution in [0.25, 0.3) is 5.69 Å². The molecule has 174 valence electrons. The van der Waals surface area contributed by atoms with E-state index < -0.39 is 6.43 Å². The molecule has 33 heavy (non-hydrogen) atoms. The molecule has 0 saturated carbocycles. The molecule has 1 atom stereocenters. The van der Waals surface area contributed by atoms with E-state index >= 15 is 0 Å². The predicted octanol–water partition coefficient (Wildman–Crippen LogP) is 1.41. The average Bonchev–Trinajstić information content (AvgIpc) is 3.22. The van der Waals surface area contributed by atoms with Crippen LogP contribution >= 0.6 is 0 Å². The summed E-state index contributed by atoms with van der Waals surface area (Å²) >= 11 is 0. The number of piperazine rings is 1. The number of nitrogens with zero attached hydrogens (tertiary/aromatic N) is 6. The summed E-state index contributed by atoms with van der Waals surface area (Å²) in [6, 6.07) is 9.03. The number of ether oxygens (including phenoxy) is 1. The SMILES string of the molecule is CNC(=O)C1CN(c2ccc(OCc3c(C)nnn3-c3ccc(C(F)F)cc3)nn2)CCN1. The fourth-order valence-electron chi connectivity index (χ4n) is 3.52. The number of hydrogen-bond donors (Lipinski definition) is 2. The summed E-state index contributed by atoms with van der Waals surface area (Å²) in [6.45, 7) is 3.76. The Morgan fingerprint density at radius 3 is 2.67 bits per heavy atom. The van der Waals surface area contributed by atoms with E-state index in [0.717, 1.165) is 0 Å². The molecule has 0 aliphatic carbocycles. The highest BCUT2D eigenvalue weighted by molar-refractivity contribution is 5.82. The van der Waals surface area contributed by atoms with Crippen molar-refractivity contribution in [2.75, 3.05) is 31.6 Å². The molecule has 12 heteroatoms. The molecular formula is C21H24F2N8O2. The van der Waals surface area contributed by atoms with E-state index in [0.29, 0.717) is 48.4 Å². The molecular weight excluding hydrogens is 434 g/mol. The van der Waals surface area contributed by atoms with Gasteiger partial charge in [0.25, 0.3) is 6.43 Å². The normalized spacial score (nSPS) is 16.2. The number of aromatic nitrogens is 5. The van der Waals surface area contributed by atoms with Crippen molar-refractivity contribution in [2.24, 2.45) is 0 Å². The Labute approximate surface area is 188 Å². The molecule has 1 aliphatic heterocycles. The van der Waals surface area contributed by atoms with Crippen LogP contribution in [0, 0.1) is 6.92 Å². The summed E-state index contributed by atoms with van der Waals surface area (Å²) in [5, 5.41) is 22.4. The maximum absolute atomic E-state index is 12.8. The van der Waals surface area contributed by atoms with Gasteiger partial charge in [-0.05, 0) is 25.1 Å². The lowest BCUT2D eigenvalue weighted by atomic mass is 10.2. The molecule has 3 aromatic rings. The largest absolute Gasteiger partial charge is 0.470 e. The number of rotatable bonds is 7. The number of likely N-dealkylation sites (N-methyl/N-ethyl adjacent to an activating group) is 1. The Morgan fingerprint density at radius 1 is 1.21 bits per heavy atom. The molecule has 1 aliphatic rings. The van der Waals surface area contributed by atoms with Gasteiger partial charge in [-0.2, -0.15) is 0 Å². The monoisotopic (exact) mass is 458 g/mol. The molecule has 1 amide bonds. The van der Waals surface area contributed by atoms with Crippen molar-refractivity contribution in [2.45, 2.75) is 26.0 Å². The Bertz CT molecular complexity index is 1090. The van der Waals surface area contributed by atoms with Gasteiger partial charge in [0.05, 0.1) is 11.4 Å². The lowest BCUT2D eigenvalue weighted by molar-refractivity contribution is -0.122. The van der Waals surface area contributed by atoms with Gasteiger partial charge >= 0.3 is 0 Å². The highest BCUT2D eigenvalue weighted by Crippen LogP contribution is 2.22. The number of benzene rings is 1. The zero-order chi connectivity index (χ0) is 23.4. The van der Waals surface area contributed by atoms with Gasteiger partial charge in [0.15, 0.2) is 5.82 Å². The molecule has 1 aromatic carbocycles. The number of carbonyl (C=O) groups excluding carboxylic acids is 1. The Balaban J connectivity index is 1.42. The smallest absolute Gasteiger partial charge is 0.263 e. The first-order valence-electron chi connectivity index (χ1n) is 10.4. The lowest BCUT2D eigenvalue weighted by Gasteiger charge is -2.33. The van der Waals surface area contributed by atoms with Crippen LogP contribution in [0.3, 0.4) is 0 Å². The molecule has 2 aromatic heterocycles. The van der Waals surface area contributed by atoms with Crippen LogP contribution in [0.2, 0.25) is 0 Å². The summed E-state index contributed by atoms with van der Waals surface area (Å²) in [6.07, 6.45) is -2.53. The number of anilines is 1. The number of halogens is 2. The maximum atomic E-state index is 12.8. The summed E-state index contributed by atoms with van der Waals surface area (Å²) < 4.78 is 33.0. The third-order valence-electron chi connectivity index (χ3n) is 5.39. The maximum Gasteiger partial charge on any atom is 0.263 e. The molecule has 4 rings (SSSR count). The Kier molecular flexibility index (Phi) is 6.73. The number of alkyl halides is 2. The van der Waals surface area contributed by atoms with Gasteiger partial charge in [-0.15, -0.1) is 15.3 Å². The van der Waals surface area contributed by atoms with Crippen molar-refractivity contribution in [1.82, 2.24) is 35.8 Å². The predicted molar refractivity (Wildman–Crippen MR) is 115 cm³/mol. The van der Waals surface area contributed by atoms with E-state index in [1.807, 2.05) is 4.90 Å². The Morgan fingerprint density at radius 2 is 2.00 bits per heavy atom. The van der Waals surface area contributed by atoms with Crippen molar-refractivity contribution in [3.8, 4) is 11.6 Å². The number of aryl methyl sites for hydroxylation is 1. The van der Waals surface area contributed by atoms with Gasteiger partial charge in [-0.25, -0.2) is 13.5 Å². The van der Waals surface area contributed by atoms with E-state index in [9.17, 15) is 13.6 Å². The summed E-state index contributed by atoms with van der Waals surface area (Å²) in [4.78, 5) is 13.9. The first kappa shape index (κ1) is 22.5. The molecule has 3 heterocycles. The third-order valence-corrected chi connectivity index (χ3v) is 5.39. The number of nitrogens with one attached hydrogen (secondary N) is 2. The molecule has 10 nitrogen and oxygen atoms in total. The van der Waals surface area contributed by atoms with Crippen molar-refractivity contribution >= 4 is 11.7 Å². The van der Waals surface area contributed by atoms with Gasteiger partial charge in [0.1, 0.15) is 18.3 Å². The van der Waals surface area contributed by atoms with Crippen molar-refractivity contribution in [3.05, 3.63) is 53.3 Å². The third kappa shape index (κ3) is 5.06. The van der Waals surface area contributed by atoms with E-state index in [-0.39, 0.29) is 24.1 Å². The van der Waals surface area contributed by atoms with Crippen LogP contribution in [-0.2, 0) is 11.4 Å². The van der Waals surface area contributed by atoms with Crippen molar-refractivity contribution in [1.29, 1.82) is 0 Å². The van der Waals surface area contributed by atoms with Gasteiger partial charge in [0.2, 0.25) is 11.8 Å². The van der Waals surface area contributed by atoms with Crippen LogP contribution in [-0.4, -0.2) is 63.8 Å². The minimum Gasteiger partial charge on any atom is -0.470 e. The fraction of sp³-hybridized carbons (Fsp3) is 0.381. The zero-order valence-electron chi connectivity index (χ0n) is 18.2. The number of amides is 1. The second kappa shape index (κ2) is 9.86.